The minimum Gasteiger partial charge on any atom is -0.497 e. The standard InChI is InChI=1S/C12H18N2O3/c1-9(15)7-13-12(16)14-8-10-3-5-11(17-2)6-4-10/h3-6,9,15H,7-8H2,1-2H3,(H2,13,14,16). The zero-order valence-electron chi connectivity index (χ0n) is 10.1. The fourth-order valence-corrected chi connectivity index (χ4v) is 1.23. The van der Waals surface area contributed by atoms with Gasteiger partial charge in [-0.3, -0.25) is 0 Å². The first-order chi connectivity index (χ1) is 8.11. The molecule has 0 bridgehead atoms. The van der Waals surface area contributed by atoms with Crippen LogP contribution in [0.1, 0.15) is 12.5 Å². The molecule has 5 heteroatoms. The molecule has 1 unspecified atom stereocenters. The molecule has 0 aromatic heterocycles. The Morgan fingerprint density at radius 2 is 2.00 bits per heavy atom. The first kappa shape index (κ1) is 13.3. The molecule has 94 valence electrons. The molecule has 0 heterocycles. The van der Waals surface area contributed by atoms with Crippen LogP contribution in [-0.2, 0) is 6.54 Å². The second-order valence-corrected chi connectivity index (χ2v) is 3.76. The molecule has 0 fully saturated rings. The number of hydrogen-bond donors (Lipinski definition) is 3. The van der Waals surface area contributed by atoms with E-state index >= 15 is 0 Å². The van der Waals surface area contributed by atoms with E-state index < -0.39 is 6.10 Å². The van der Waals surface area contributed by atoms with Crippen molar-refractivity contribution in [2.24, 2.45) is 0 Å². The second-order valence-electron chi connectivity index (χ2n) is 3.76. The Hall–Kier alpha value is -1.75. The lowest BCUT2D eigenvalue weighted by Crippen LogP contribution is -2.38. The van der Waals surface area contributed by atoms with Gasteiger partial charge in [0.05, 0.1) is 13.2 Å². The summed E-state index contributed by atoms with van der Waals surface area (Å²) < 4.78 is 5.03. The van der Waals surface area contributed by atoms with E-state index in [1.165, 1.54) is 0 Å². The topological polar surface area (TPSA) is 70.6 Å². The van der Waals surface area contributed by atoms with E-state index in [2.05, 4.69) is 10.6 Å². The minimum absolute atomic E-state index is 0.244. The van der Waals surface area contributed by atoms with Gasteiger partial charge in [0.1, 0.15) is 5.75 Å². The van der Waals surface area contributed by atoms with Gasteiger partial charge in [-0.2, -0.15) is 0 Å². The second kappa shape index (κ2) is 6.75. The molecule has 2 amide bonds. The van der Waals surface area contributed by atoms with Gasteiger partial charge >= 0.3 is 6.03 Å². The van der Waals surface area contributed by atoms with E-state index in [4.69, 9.17) is 9.84 Å². The number of aliphatic hydroxyl groups is 1. The maximum atomic E-state index is 11.3. The average molecular weight is 238 g/mol. The summed E-state index contributed by atoms with van der Waals surface area (Å²) in [6.45, 7) is 2.30. The Kier molecular flexibility index (Phi) is 5.29. The van der Waals surface area contributed by atoms with Crippen LogP contribution in [0.5, 0.6) is 5.75 Å². The Morgan fingerprint density at radius 3 is 2.53 bits per heavy atom. The van der Waals surface area contributed by atoms with Gasteiger partial charge in [-0.15, -0.1) is 0 Å². The van der Waals surface area contributed by atoms with Crippen LogP contribution in [-0.4, -0.2) is 30.9 Å². The number of nitrogens with one attached hydrogen (secondary N) is 2. The molecule has 0 aliphatic heterocycles. The first-order valence-corrected chi connectivity index (χ1v) is 5.44. The van der Waals surface area contributed by atoms with Crippen LogP contribution >= 0.6 is 0 Å². The van der Waals surface area contributed by atoms with E-state index in [0.717, 1.165) is 11.3 Å². The summed E-state index contributed by atoms with van der Waals surface area (Å²) in [7, 11) is 1.61. The van der Waals surface area contributed by atoms with Crippen molar-refractivity contribution in [1.29, 1.82) is 0 Å². The predicted octanol–water partition coefficient (Wildman–Crippen LogP) is 0.875. The third kappa shape index (κ3) is 5.21. The van der Waals surface area contributed by atoms with E-state index in [1.54, 1.807) is 14.0 Å². The van der Waals surface area contributed by atoms with Crippen LogP contribution in [0.2, 0.25) is 0 Å². The summed E-state index contributed by atoms with van der Waals surface area (Å²) in [4.78, 5) is 11.3. The minimum atomic E-state index is -0.540. The molecule has 5 nitrogen and oxygen atoms in total. The first-order valence-electron chi connectivity index (χ1n) is 5.44. The molecule has 0 spiro atoms. The molecule has 1 atom stereocenters. The van der Waals surface area contributed by atoms with Crippen LogP contribution in [0.25, 0.3) is 0 Å². The zero-order valence-corrected chi connectivity index (χ0v) is 10.1. The van der Waals surface area contributed by atoms with Gasteiger partial charge in [0, 0.05) is 13.1 Å². The van der Waals surface area contributed by atoms with Gasteiger partial charge in [0.15, 0.2) is 0 Å². The third-order valence-corrected chi connectivity index (χ3v) is 2.17. The van der Waals surface area contributed by atoms with Crippen molar-refractivity contribution in [3.05, 3.63) is 29.8 Å². The van der Waals surface area contributed by atoms with Gasteiger partial charge in [0.25, 0.3) is 0 Å². The number of methoxy groups -OCH3 is 1. The maximum absolute atomic E-state index is 11.3. The van der Waals surface area contributed by atoms with E-state index in [-0.39, 0.29) is 12.6 Å². The highest BCUT2D eigenvalue weighted by Gasteiger charge is 2.02. The lowest BCUT2D eigenvalue weighted by atomic mass is 10.2. The molecule has 0 saturated carbocycles. The SMILES string of the molecule is COc1ccc(CNC(=O)NCC(C)O)cc1. The lowest BCUT2D eigenvalue weighted by Gasteiger charge is -2.09. The number of carbonyl (C=O) groups is 1. The highest BCUT2D eigenvalue weighted by Crippen LogP contribution is 2.10. The van der Waals surface area contributed by atoms with Crippen LogP contribution in [0.3, 0.4) is 0 Å². The summed E-state index contributed by atoms with van der Waals surface area (Å²) in [5, 5.41) is 14.2. The molecule has 17 heavy (non-hydrogen) atoms. The number of hydrogen-bond acceptors (Lipinski definition) is 3. The van der Waals surface area contributed by atoms with Crippen molar-refractivity contribution in [3.8, 4) is 5.75 Å². The Balaban J connectivity index is 2.31. The van der Waals surface area contributed by atoms with E-state index in [1.807, 2.05) is 24.3 Å². The normalized spacial score (nSPS) is 11.7. The predicted molar refractivity (Wildman–Crippen MR) is 64.9 cm³/mol. The van der Waals surface area contributed by atoms with Crippen molar-refractivity contribution < 1.29 is 14.6 Å². The summed E-state index contributed by atoms with van der Waals surface area (Å²) in [5.41, 5.74) is 0.984. The molecule has 1 aromatic carbocycles. The fourth-order valence-electron chi connectivity index (χ4n) is 1.23. The monoisotopic (exact) mass is 238 g/mol. The highest BCUT2D eigenvalue weighted by molar-refractivity contribution is 5.73. The molecular weight excluding hydrogens is 220 g/mol. The maximum Gasteiger partial charge on any atom is 0.315 e. The van der Waals surface area contributed by atoms with Crippen LogP contribution in [0, 0.1) is 0 Å². The van der Waals surface area contributed by atoms with Crippen molar-refractivity contribution in [1.82, 2.24) is 10.6 Å². The van der Waals surface area contributed by atoms with Crippen molar-refractivity contribution in [3.63, 3.8) is 0 Å². The van der Waals surface area contributed by atoms with Crippen molar-refractivity contribution in [2.45, 2.75) is 19.6 Å². The molecule has 1 rings (SSSR count). The van der Waals surface area contributed by atoms with Crippen molar-refractivity contribution in [2.75, 3.05) is 13.7 Å². The van der Waals surface area contributed by atoms with Gasteiger partial charge in [-0.05, 0) is 24.6 Å². The summed E-state index contributed by atoms with van der Waals surface area (Å²) in [6, 6.07) is 7.15. The molecule has 0 saturated heterocycles. The van der Waals surface area contributed by atoms with Gasteiger partial charge < -0.3 is 20.5 Å². The molecule has 0 aliphatic carbocycles. The molecule has 0 aliphatic rings. The number of urea groups is 1. The number of amides is 2. The van der Waals surface area contributed by atoms with E-state index in [9.17, 15) is 4.79 Å². The molecule has 0 radical (unpaired) electrons. The largest absolute Gasteiger partial charge is 0.497 e. The molecular formula is C12H18N2O3. The van der Waals surface area contributed by atoms with E-state index in [0.29, 0.717) is 6.54 Å². The number of ether oxygens (including phenoxy) is 1. The van der Waals surface area contributed by atoms with Gasteiger partial charge in [0.2, 0.25) is 0 Å². The van der Waals surface area contributed by atoms with Gasteiger partial charge in [-0.1, -0.05) is 12.1 Å². The van der Waals surface area contributed by atoms with Crippen LogP contribution in [0.15, 0.2) is 24.3 Å². The number of carbonyl (C=O) groups excluding carboxylic acids is 1. The molecule has 1 aromatic rings. The zero-order chi connectivity index (χ0) is 12.7. The average Bonchev–Trinajstić information content (AvgIpc) is 2.34. The summed E-state index contributed by atoms with van der Waals surface area (Å²) in [5.74, 6) is 0.785. The van der Waals surface area contributed by atoms with Crippen LogP contribution in [0.4, 0.5) is 4.79 Å². The smallest absolute Gasteiger partial charge is 0.315 e. The lowest BCUT2D eigenvalue weighted by molar-refractivity contribution is 0.187. The highest BCUT2D eigenvalue weighted by atomic mass is 16.5. The quantitative estimate of drug-likeness (QED) is 0.713. The molecule has 3 N–H and O–H groups in total. The third-order valence-electron chi connectivity index (χ3n) is 2.17. The Labute approximate surface area is 101 Å². The number of aliphatic hydroxyl groups excluding tert-OH is 1. The van der Waals surface area contributed by atoms with Gasteiger partial charge in [-0.25, -0.2) is 4.79 Å². The Bertz CT molecular complexity index is 349. The fraction of sp³-hybridized carbons (Fsp3) is 0.417. The number of rotatable bonds is 5. The summed E-state index contributed by atoms with van der Waals surface area (Å²) in [6.07, 6.45) is -0.540. The van der Waals surface area contributed by atoms with Crippen molar-refractivity contribution >= 4 is 6.03 Å². The number of benzene rings is 1. The summed E-state index contributed by atoms with van der Waals surface area (Å²) >= 11 is 0. The van der Waals surface area contributed by atoms with Crippen LogP contribution < -0.4 is 15.4 Å². The Morgan fingerprint density at radius 1 is 1.35 bits per heavy atom.